The third kappa shape index (κ3) is 3.24. The Morgan fingerprint density at radius 3 is 2.61 bits per heavy atom. The van der Waals surface area contributed by atoms with Crippen molar-refractivity contribution in [2.75, 3.05) is 6.61 Å². The van der Waals surface area contributed by atoms with E-state index in [0.29, 0.717) is 29.4 Å². The Morgan fingerprint density at radius 2 is 1.91 bits per heavy atom. The molecule has 1 heterocycles. The summed E-state index contributed by atoms with van der Waals surface area (Å²) in [4.78, 5) is 23.1. The highest BCUT2D eigenvalue weighted by Gasteiger charge is 2.23. The van der Waals surface area contributed by atoms with Gasteiger partial charge in [0.1, 0.15) is 5.75 Å². The average molecular weight is 330 g/mol. The van der Waals surface area contributed by atoms with Crippen LogP contribution in [0.2, 0.25) is 5.02 Å². The van der Waals surface area contributed by atoms with Crippen molar-refractivity contribution in [3.63, 3.8) is 0 Å². The summed E-state index contributed by atoms with van der Waals surface area (Å²) in [6.07, 6.45) is 2.19. The predicted octanol–water partition coefficient (Wildman–Crippen LogP) is 4.30. The van der Waals surface area contributed by atoms with Crippen LogP contribution < -0.4 is 4.74 Å². The monoisotopic (exact) mass is 329 g/mol. The van der Waals surface area contributed by atoms with Gasteiger partial charge in [0, 0.05) is 29.1 Å². The highest BCUT2D eigenvalue weighted by molar-refractivity contribution is 6.30. The zero-order valence-electron chi connectivity index (χ0n) is 12.0. The molecule has 0 amide bonds. The summed E-state index contributed by atoms with van der Waals surface area (Å²) in [5.74, 6) is 0.122. The van der Waals surface area contributed by atoms with Crippen molar-refractivity contribution in [1.29, 1.82) is 0 Å². The van der Waals surface area contributed by atoms with Gasteiger partial charge in [-0.1, -0.05) is 23.7 Å². The minimum atomic E-state index is -0.527. The van der Waals surface area contributed by atoms with E-state index in [1.54, 1.807) is 18.2 Å². The molecular weight excluding hydrogens is 318 g/mol. The number of hydrogen-bond acceptors (Lipinski definition) is 4. The van der Waals surface area contributed by atoms with Gasteiger partial charge in [0.05, 0.1) is 17.1 Å². The number of hydrogen-bond donors (Lipinski definition) is 0. The molecule has 2 aromatic carbocycles. The Bertz CT molecular complexity index is 812. The third-order valence-corrected chi connectivity index (χ3v) is 3.80. The summed E-state index contributed by atoms with van der Waals surface area (Å²) in [5, 5.41) is 11.5. The summed E-state index contributed by atoms with van der Waals surface area (Å²) >= 11 is 5.85. The van der Waals surface area contributed by atoms with Crippen LogP contribution in [0.25, 0.3) is 6.08 Å². The standard InChI is InChI=1S/C17H12ClNO4/c18-13-3-1-11(2-4-13)9-12-7-8-23-16-6-5-14(19(21)22)10-15(16)17(12)20/h1-6,9-10H,7-8H2/b12-9+. The lowest BCUT2D eigenvalue weighted by molar-refractivity contribution is -0.384. The van der Waals surface area contributed by atoms with Crippen LogP contribution in [0, 0.1) is 10.1 Å². The van der Waals surface area contributed by atoms with Crippen LogP contribution in [0.4, 0.5) is 5.69 Å². The van der Waals surface area contributed by atoms with E-state index in [0.717, 1.165) is 5.56 Å². The maximum absolute atomic E-state index is 12.7. The SMILES string of the molecule is O=C1/C(=C/c2ccc(Cl)cc2)CCOc2ccc([N+](=O)[O-])cc21. The van der Waals surface area contributed by atoms with Gasteiger partial charge in [-0.2, -0.15) is 0 Å². The second-order valence-corrected chi connectivity index (χ2v) is 5.52. The first-order valence-corrected chi connectivity index (χ1v) is 7.34. The number of non-ortho nitro benzene ring substituents is 1. The zero-order valence-corrected chi connectivity index (χ0v) is 12.7. The number of Topliss-reactive ketones (excluding diaryl/α,β-unsaturated/α-hetero) is 1. The molecule has 0 atom stereocenters. The zero-order chi connectivity index (χ0) is 16.4. The highest BCUT2D eigenvalue weighted by Crippen LogP contribution is 2.30. The molecule has 0 spiro atoms. The third-order valence-electron chi connectivity index (χ3n) is 3.55. The number of nitro groups is 1. The lowest BCUT2D eigenvalue weighted by Crippen LogP contribution is -2.03. The van der Waals surface area contributed by atoms with Crippen molar-refractivity contribution in [3.8, 4) is 5.75 Å². The highest BCUT2D eigenvalue weighted by atomic mass is 35.5. The normalized spacial score (nSPS) is 15.7. The molecule has 0 saturated carbocycles. The smallest absolute Gasteiger partial charge is 0.270 e. The van der Waals surface area contributed by atoms with Crippen LogP contribution in [0.3, 0.4) is 0 Å². The van der Waals surface area contributed by atoms with Gasteiger partial charge in [0.25, 0.3) is 5.69 Å². The van der Waals surface area contributed by atoms with E-state index in [4.69, 9.17) is 16.3 Å². The molecule has 0 fully saturated rings. The van der Waals surface area contributed by atoms with Crippen molar-refractivity contribution in [2.45, 2.75) is 6.42 Å². The fourth-order valence-electron chi connectivity index (χ4n) is 2.39. The van der Waals surface area contributed by atoms with Crippen LogP contribution >= 0.6 is 11.6 Å². The minimum absolute atomic E-state index is 0.131. The van der Waals surface area contributed by atoms with E-state index >= 15 is 0 Å². The average Bonchev–Trinajstić information content (AvgIpc) is 2.69. The second kappa shape index (κ2) is 6.22. The van der Waals surface area contributed by atoms with Gasteiger partial charge in [0.2, 0.25) is 0 Å². The molecule has 0 bridgehead atoms. The van der Waals surface area contributed by atoms with E-state index < -0.39 is 4.92 Å². The summed E-state index contributed by atoms with van der Waals surface area (Å²) < 4.78 is 5.54. The molecule has 0 radical (unpaired) electrons. The Morgan fingerprint density at radius 1 is 1.17 bits per heavy atom. The number of fused-ring (bicyclic) bond motifs is 1. The molecule has 2 aromatic rings. The van der Waals surface area contributed by atoms with Gasteiger partial charge in [-0.05, 0) is 29.8 Å². The van der Waals surface area contributed by atoms with E-state index in [2.05, 4.69) is 0 Å². The number of carbonyl (C=O) groups is 1. The fraction of sp³-hybridized carbons (Fsp3) is 0.118. The number of ketones is 1. The van der Waals surface area contributed by atoms with Crippen LogP contribution in [0.5, 0.6) is 5.75 Å². The second-order valence-electron chi connectivity index (χ2n) is 5.09. The number of carbonyl (C=O) groups excluding carboxylic acids is 1. The molecule has 1 aliphatic heterocycles. The van der Waals surface area contributed by atoms with Gasteiger partial charge in [-0.3, -0.25) is 14.9 Å². The number of nitrogens with zero attached hydrogens (tertiary/aromatic N) is 1. The summed E-state index contributed by atoms with van der Waals surface area (Å²) in [6.45, 7) is 0.343. The van der Waals surface area contributed by atoms with Crippen LogP contribution in [0.15, 0.2) is 48.0 Å². The molecule has 0 saturated heterocycles. The Labute approximate surface area is 137 Å². The van der Waals surface area contributed by atoms with Gasteiger partial charge >= 0.3 is 0 Å². The van der Waals surface area contributed by atoms with E-state index in [1.807, 2.05) is 12.1 Å². The number of benzene rings is 2. The van der Waals surface area contributed by atoms with Gasteiger partial charge in [0.15, 0.2) is 5.78 Å². The van der Waals surface area contributed by atoms with E-state index in [-0.39, 0.29) is 17.0 Å². The van der Waals surface area contributed by atoms with Crippen LogP contribution in [0.1, 0.15) is 22.3 Å². The van der Waals surface area contributed by atoms with Gasteiger partial charge in [-0.15, -0.1) is 0 Å². The number of halogens is 1. The molecule has 5 nitrogen and oxygen atoms in total. The molecule has 116 valence electrons. The summed E-state index contributed by atoms with van der Waals surface area (Å²) in [6, 6.07) is 11.2. The molecule has 0 aliphatic carbocycles. The van der Waals surface area contributed by atoms with Crippen molar-refractivity contribution in [1.82, 2.24) is 0 Å². The van der Waals surface area contributed by atoms with Crippen LogP contribution in [-0.2, 0) is 0 Å². The fourth-order valence-corrected chi connectivity index (χ4v) is 2.52. The number of ether oxygens (including phenoxy) is 1. The molecule has 23 heavy (non-hydrogen) atoms. The van der Waals surface area contributed by atoms with E-state index in [9.17, 15) is 14.9 Å². The molecule has 0 N–H and O–H groups in total. The first-order valence-electron chi connectivity index (χ1n) is 6.96. The molecule has 0 unspecified atom stereocenters. The summed E-state index contributed by atoms with van der Waals surface area (Å²) in [7, 11) is 0. The molecule has 3 rings (SSSR count). The first kappa shape index (κ1) is 15.2. The van der Waals surface area contributed by atoms with Crippen molar-refractivity contribution in [2.24, 2.45) is 0 Å². The Hall–Kier alpha value is -2.66. The van der Waals surface area contributed by atoms with Gasteiger partial charge < -0.3 is 4.74 Å². The summed E-state index contributed by atoms with van der Waals surface area (Å²) in [5.41, 5.74) is 1.48. The van der Waals surface area contributed by atoms with Crippen molar-refractivity contribution in [3.05, 3.63) is 74.3 Å². The van der Waals surface area contributed by atoms with Crippen molar-refractivity contribution < 1.29 is 14.5 Å². The molecular formula is C17H12ClNO4. The predicted molar refractivity (Wildman–Crippen MR) is 87.0 cm³/mol. The van der Waals surface area contributed by atoms with Gasteiger partial charge in [-0.25, -0.2) is 0 Å². The first-order chi connectivity index (χ1) is 11.0. The van der Waals surface area contributed by atoms with E-state index in [1.165, 1.54) is 18.2 Å². The molecule has 6 heteroatoms. The Kier molecular flexibility index (Phi) is 4.12. The topological polar surface area (TPSA) is 69.4 Å². The lowest BCUT2D eigenvalue weighted by Gasteiger charge is -2.05. The van der Waals surface area contributed by atoms with Crippen LogP contribution in [-0.4, -0.2) is 17.3 Å². The largest absolute Gasteiger partial charge is 0.492 e. The maximum Gasteiger partial charge on any atom is 0.270 e. The number of rotatable bonds is 2. The molecule has 0 aromatic heterocycles. The number of nitro benzene ring substituents is 1. The molecule has 1 aliphatic rings. The quantitative estimate of drug-likeness (QED) is 0.468. The Balaban J connectivity index is 2.01. The lowest BCUT2D eigenvalue weighted by atomic mass is 9.98. The minimum Gasteiger partial charge on any atom is -0.492 e. The van der Waals surface area contributed by atoms with Crippen molar-refractivity contribution >= 4 is 29.1 Å². The maximum atomic E-state index is 12.7.